The molecule has 0 spiro atoms. The van der Waals surface area contributed by atoms with E-state index in [2.05, 4.69) is 34.6 Å². The summed E-state index contributed by atoms with van der Waals surface area (Å²) in [4.78, 5) is 5.51. The number of benzene rings is 1. The number of methoxy groups -OCH3 is 1. The van der Waals surface area contributed by atoms with Gasteiger partial charge in [-0.05, 0) is 25.1 Å². The second kappa shape index (κ2) is 7.04. The molecule has 4 heteroatoms. The number of ether oxygens (including phenoxy) is 1. The summed E-state index contributed by atoms with van der Waals surface area (Å²) in [6.07, 6.45) is 1.75. The van der Waals surface area contributed by atoms with Crippen LogP contribution in [0.5, 0.6) is 5.75 Å². The molecule has 19 heavy (non-hydrogen) atoms. The van der Waals surface area contributed by atoms with E-state index >= 15 is 0 Å². The molecular weight excluding hydrogens is 256 g/mol. The molecule has 0 bridgehead atoms. The van der Waals surface area contributed by atoms with Crippen LogP contribution in [0.2, 0.25) is 0 Å². The van der Waals surface area contributed by atoms with Crippen LogP contribution in [0.3, 0.4) is 0 Å². The lowest BCUT2D eigenvalue weighted by atomic mass is 10.3. The van der Waals surface area contributed by atoms with Crippen molar-refractivity contribution in [1.29, 1.82) is 0 Å². The fraction of sp³-hybridized carbons (Fsp3) is 0.267. The number of rotatable bonds is 6. The molecule has 0 fully saturated rings. The highest BCUT2D eigenvalue weighted by Crippen LogP contribution is 2.24. The number of thioether (sulfide) groups is 1. The first-order valence-electron chi connectivity index (χ1n) is 6.22. The Bertz CT molecular complexity index is 517. The van der Waals surface area contributed by atoms with Crippen molar-refractivity contribution >= 4 is 17.4 Å². The zero-order chi connectivity index (χ0) is 13.5. The fourth-order valence-electron chi connectivity index (χ4n) is 1.72. The Morgan fingerprint density at radius 1 is 1.26 bits per heavy atom. The van der Waals surface area contributed by atoms with E-state index in [4.69, 9.17) is 4.74 Å². The Morgan fingerprint density at radius 2 is 2.05 bits per heavy atom. The van der Waals surface area contributed by atoms with Crippen LogP contribution in [0, 0.1) is 6.92 Å². The van der Waals surface area contributed by atoms with E-state index in [-0.39, 0.29) is 0 Å². The van der Waals surface area contributed by atoms with Gasteiger partial charge in [0.05, 0.1) is 19.0 Å². The molecule has 1 aromatic carbocycles. The average molecular weight is 274 g/mol. The predicted octanol–water partition coefficient (Wildman–Crippen LogP) is 3.60. The molecular formula is C15H18N2OS. The molecule has 0 amide bonds. The minimum Gasteiger partial charge on any atom is -0.493 e. The third-order valence-electron chi connectivity index (χ3n) is 2.65. The monoisotopic (exact) mass is 274 g/mol. The molecule has 0 saturated carbocycles. The molecule has 1 aromatic heterocycles. The quantitative estimate of drug-likeness (QED) is 0.644. The minimum absolute atomic E-state index is 0.787. The van der Waals surface area contributed by atoms with Crippen LogP contribution < -0.4 is 10.1 Å². The number of hydrogen-bond donors (Lipinski definition) is 1. The van der Waals surface area contributed by atoms with E-state index in [0.29, 0.717) is 0 Å². The van der Waals surface area contributed by atoms with Crippen molar-refractivity contribution in [3.63, 3.8) is 0 Å². The Hall–Kier alpha value is -1.68. The van der Waals surface area contributed by atoms with E-state index in [1.165, 1.54) is 4.90 Å². The highest BCUT2D eigenvalue weighted by atomic mass is 32.2. The van der Waals surface area contributed by atoms with Crippen LogP contribution in [-0.2, 0) is 0 Å². The van der Waals surface area contributed by atoms with E-state index in [1.54, 1.807) is 13.3 Å². The van der Waals surface area contributed by atoms with Crippen molar-refractivity contribution < 1.29 is 4.74 Å². The predicted molar refractivity (Wildman–Crippen MR) is 81.2 cm³/mol. The van der Waals surface area contributed by atoms with Crippen molar-refractivity contribution in [3.8, 4) is 5.75 Å². The SMILES string of the molecule is COc1cnc(C)cc1NCCSc1ccccc1. The number of hydrogen-bond acceptors (Lipinski definition) is 4. The van der Waals surface area contributed by atoms with Gasteiger partial charge in [0.2, 0.25) is 0 Å². The molecule has 1 N–H and O–H groups in total. The van der Waals surface area contributed by atoms with Gasteiger partial charge in [0, 0.05) is 22.9 Å². The maximum Gasteiger partial charge on any atom is 0.160 e. The van der Waals surface area contributed by atoms with Gasteiger partial charge in [0.1, 0.15) is 0 Å². The lowest BCUT2D eigenvalue weighted by molar-refractivity contribution is 0.414. The van der Waals surface area contributed by atoms with Crippen LogP contribution in [0.25, 0.3) is 0 Å². The van der Waals surface area contributed by atoms with Crippen LogP contribution in [-0.4, -0.2) is 24.4 Å². The van der Waals surface area contributed by atoms with Gasteiger partial charge in [0.15, 0.2) is 5.75 Å². The summed E-state index contributed by atoms with van der Waals surface area (Å²) in [6.45, 7) is 2.86. The lowest BCUT2D eigenvalue weighted by Crippen LogP contribution is -2.06. The number of aryl methyl sites for hydroxylation is 1. The highest BCUT2D eigenvalue weighted by molar-refractivity contribution is 7.99. The maximum absolute atomic E-state index is 5.28. The largest absolute Gasteiger partial charge is 0.493 e. The molecule has 0 aliphatic heterocycles. The molecule has 1 heterocycles. The van der Waals surface area contributed by atoms with Gasteiger partial charge >= 0.3 is 0 Å². The van der Waals surface area contributed by atoms with Crippen molar-refractivity contribution in [2.75, 3.05) is 24.7 Å². The summed E-state index contributed by atoms with van der Waals surface area (Å²) in [5.74, 6) is 1.80. The molecule has 0 aliphatic rings. The van der Waals surface area contributed by atoms with E-state index in [9.17, 15) is 0 Å². The summed E-state index contributed by atoms with van der Waals surface area (Å²) >= 11 is 1.84. The number of anilines is 1. The Kier molecular flexibility index (Phi) is 5.10. The van der Waals surface area contributed by atoms with Crippen LogP contribution in [0.15, 0.2) is 47.5 Å². The summed E-state index contributed by atoms with van der Waals surface area (Å²) in [5.41, 5.74) is 1.99. The summed E-state index contributed by atoms with van der Waals surface area (Å²) in [7, 11) is 1.66. The first-order valence-corrected chi connectivity index (χ1v) is 7.20. The molecule has 0 aliphatic carbocycles. The normalized spacial score (nSPS) is 10.2. The zero-order valence-electron chi connectivity index (χ0n) is 11.2. The van der Waals surface area contributed by atoms with Gasteiger partial charge in [-0.1, -0.05) is 18.2 Å². The van der Waals surface area contributed by atoms with Gasteiger partial charge < -0.3 is 10.1 Å². The fourth-order valence-corrected chi connectivity index (χ4v) is 2.51. The Morgan fingerprint density at radius 3 is 2.79 bits per heavy atom. The van der Waals surface area contributed by atoms with Crippen molar-refractivity contribution in [1.82, 2.24) is 4.98 Å². The molecule has 0 radical (unpaired) electrons. The van der Waals surface area contributed by atoms with Gasteiger partial charge in [-0.2, -0.15) is 0 Å². The zero-order valence-corrected chi connectivity index (χ0v) is 12.0. The Balaban J connectivity index is 1.84. The van der Waals surface area contributed by atoms with Crippen LogP contribution >= 0.6 is 11.8 Å². The Labute approximate surface area is 118 Å². The maximum atomic E-state index is 5.28. The molecule has 2 rings (SSSR count). The molecule has 2 aromatic rings. The van der Waals surface area contributed by atoms with Gasteiger partial charge in [-0.3, -0.25) is 4.98 Å². The van der Waals surface area contributed by atoms with Crippen molar-refractivity contribution in [2.45, 2.75) is 11.8 Å². The minimum atomic E-state index is 0.787. The standard InChI is InChI=1S/C15H18N2OS/c1-12-10-14(15(18-2)11-17-12)16-8-9-19-13-6-4-3-5-7-13/h3-7,10-11H,8-9H2,1-2H3,(H,16,17). The van der Waals surface area contributed by atoms with E-state index < -0.39 is 0 Å². The third kappa shape index (κ3) is 4.17. The van der Waals surface area contributed by atoms with Crippen LogP contribution in [0.1, 0.15) is 5.69 Å². The second-order valence-corrected chi connectivity index (χ2v) is 5.28. The van der Waals surface area contributed by atoms with E-state index in [0.717, 1.165) is 29.4 Å². The van der Waals surface area contributed by atoms with E-state index in [1.807, 2.05) is 30.8 Å². The summed E-state index contributed by atoms with van der Waals surface area (Å²) in [6, 6.07) is 12.4. The molecule has 3 nitrogen and oxygen atoms in total. The average Bonchev–Trinajstić information content (AvgIpc) is 2.45. The third-order valence-corrected chi connectivity index (χ3v) is 3.67. The number of aromatic nitrogens is 1. The lowest BCUT2D eigenvalue weighted by Gasteiger charge is -2.11. The number of pyridine rings is 1. The number of nitrogens with one attached hydrogen (secondary N) is 1. The smallest absolute Gasteiger partial charge is 0.160 e. The van der Waals surface area contributed by atoms with Crippen molar-refractivity contribution in [3.05, 3.63) is 48.3 Å². The number of nitrogens with zero attached hydrogens (tertiary/aromatic N) is 1. The second-order valence-electron chi connectivity index (χ2n) is 4.11. The molecule has 0 atom stereocenters. The highest BCUT2D eigenvalue weighted by Gasteiger charge is 2.03. The first-order chi connectivity index (χ1) is 9.29. The first kappa shape index (κ1) is 13.7. The topological polar surface area (TPSA) is 34.1 Å². The van der Waals surface area contributed by atoms with Gasteiger partial charge in [0.25, 0.3) is 0 Å². The molecule has 0 unspecified atom stereocenters. The molecule has 100 valence electrons. The van der Waals surface area contributed by atoms with Crippen LogP contribution in [0.4, 0.5) is 5.69 Å². The summed E-state index contributed by atoms with van der Waals surface area (Å²) in [5, 5.41) is 3.39. The van der Waals surface area contributed by atoms with Crippen molar-refractivity contribution in [2.24, 2.45) is 0 Å². The molecule has 0 saturated heterocycles. The van der Waals surface area contributed by atoms with Gasteiger partial charge in [-0.25, -0.2) is 0 Å². The summed E-state index contributed by atoms with van der Waals surface area (Å²) < 4.78 is 5.28. The van der Waals surface area contributed by atoms with Gasteiger partial charge in [-0.15, -0.1) is 11.8 Å².